The minimum atomic E-state index is -0.551. The summed E-state index contributed by atoms with van der Waals surface area (Å²) in [5.41, 5.74) is 2.54. The van der Waals surface area contributed by atoms with Crippen molar-refractivity contribution in [2.75, 3.05) is 18.2 Å². The Morgan fingerprint density at radius 2 is 1.76 bits per heavy atom. The number of rotatable bonds is 1. The van der Waals surface area contributed by atoms with E-state index < -0.39 is 16.8 Å². The number of nitrogens with zero attached hydrogens (tertiary/aromatic N) is 3. The highest BCUT2D eigenvalue weighted by molar-refractivity contribution is 7.98. The molecule has 0 unspecified atom stereocenters. The molecule has 8 heteroatoms. The second-order valence-corrected chi connectivity index (χ2v) is 10.3. The van der Waals surface area contributed by atoms with Crippen LogP contribution in [0.25, 0.3) is 0 Å². The summed E-state index contributed by atoms with van der Waals surface area (Å²) in [6.45, 7) is 0.858. The van der Waals surface area contributed by atoms with E-state index in [2.05, 4.69) is 35.3 Å². The van der Waals surface area contributed by atoms with Gasteiger partial charge in [0.1, 0.15) is 11.8 Å². The minimum absolute atomic E-state index is 0.0216. The van der Waals surface area contributed by atoms with Crippen molar-refractivity contribution in [2.24, 2.45) is 0 Å². The molecule has 4 aliphatic rings. The first-order valence-corrected chi connectivity index (χ1v) is 12.6. The fraction of sp³-hybridized carbons (Fsp3) is 0.308. The van der Waals surface area contributed by atoms with Gasteiger partial charge in [-0.3, -0.25) is 19.3 Å². The fourth-order valence-corrected chi connectivity index (χ4v) is 6.85. The van der Waals surface area contributed by atoms with Gasteiger partial charge in [0.25, 0.3) is 5.91 Å². The summed E-state index contributed by atoms with van der Waals surface area (Å²) >= 11 is 1.81. The monoisotopic (exact) mass is 473 g/mol. The van der Waals surface area contributed by atoms with Crippen molar-refractivity contribution in [1.82, 2.24) is 9.58 Å². The molecule has 3 aromatic rings. The summed E-state index contributed by atoms with van der Waals surface area (Å²) in [6.07, 6.45) is 3.01. The Bertz CT molecular complexity index is 1350. The molecule has 7 nitrogen and oxygen atoms in total. The Labute approximate surface area is 200 Å². The van der Waals surface area contributed by atoms with E-state index in [0.717, 1.165) is 29.7 Å². The van der Waals surface area contributed by atoms with Crippen LogP contribution in [0.4, 0.5) is 0 Å². The van der Waals surface area contributed by atoms with Crippen molar-refractivity contribution < 1.29 is 14.6 Å². The average Bonchev–Trinajstić information content (AvgIpc) is 3.65. The Morgan fingerprint density at radius 3 is 2.59 bits per heavy atom. The van der Waals surface area contributed by atoms with E-state index in [1.165, 1.54) is 16.5 Å². The topological polar surface area (TPSA) is 75.0 Å². The molecule has 3 aliphatic heterocycles. The van der Waals surface area contributed by atoms with Crippen molar-refractivity contribution in [2.45, 2.75) is 41.3 Å². The van der Waals surface area contributed by atoms with Gasteiger partial charge in [-0.15, -0.1) is 11.8 Å². The predicted octanol–water partition coefficient (Wildman–Crippen LogP) is 3.23. The van der Waals surface area contributed by atoms with Crippen LogP contribution in [0.5, 0.6) is 5.75 Å². The van der Waals surface area contributed by atoms with Gasteiger partial charge in [0.2, 0.25) is 5.43 Å². The van der Waals surface area contributed by atoms with E-state index in [1.54, 1.807) is 27.5 Å². The van der Waals surface area contributed by atoms with E-state index in [-0.39, 0.29) is 23.8 Å². The van der Waals surface area contributed by atoms with Crippen LogP contribution >= 0.6 is 11.8 Å². The molecule has 0 bridgehead atoms. The molecule has 1 saturated heterocycles. The SMILES string of the molecule is O=C1c2c(O)c(=O)ccn2N([C@H]2c3ccccc3CSc3ccccc32)[C@H]2N1CCOC21CC1. The fourth-order valence-electron chi connectivity index (χ4n) is 5.76. The lowest BCUT2D eigenvalue weighted by molar-refractivity contribution is -0.0902. The first kappa shape index (κ1) is 20.2. The van der Waals surface area contributed by atoms with Crippen LogP contribution in [0, 0.1) is 0 Å². The molecule has 1 N–H and O–H groups in total. The van der Waals surface area contributed by atoms with Crippen molar-refractivity contribution in [1.29, 1.82) is 0 Å². The summed E-state index contributed by atoms with van der Waals surface area (Å²) in [5, 5.41) is 12.9. The van der Waals surface area contributed by atoms with E-state index >= 15 is 0 Å². The normalized spacial score (nSPS) is 24.1. The lowest BCUT2D eigenvalue weighted by Crippen LogP contribution is -2.70. The third kappa shape index (κ3) is 2.69. The Kier molecular flexibility index (Phi) is 4.23. The van der Waals surface area contributed by atoms with Crippen molar-refractivity contribution in [3.05, 3.63) is 93.4 Å². The highest BCUT2D eigenvalue weighted by Crippen LogP contribution is 2.52. The van der Waals surface area contributed by atoms with E-state index in [1.807, 2.05) is 18.2 Å². The number of hydrogen-bond acceptors (Lipinski definition) is 6. The Balaban J connectivity index is 1.55. The molecule has 1 aromatic heterocycles. The number of aromatic nitrogens is 1. The quantitative estimate of drug-likeness (QED) is 0.585. The molecular formula is C26H23N3O4S. The standard InChI is InChI=1S/C26H23N3O4S/c30-19-9-12-28-22(23(19)31)24(32)27-13-14-33-26(10-11-26)25(27)29(28)21-17-6-2-1-5-16(17)15-34-20-8-4-3-7-18(20)21/h1-9,12,21,25,31H,10-11,13-15H2/t21-,25+/m0/s1. The highest BCUT2D eigenvalue weighted by atomic mass is 32.2. The van der Waals surface area contributed by atoms with Gasteiger partial charge < -0.3 is 14.7 Å². The van der Waals surface area contributed by atoms with Crippen LogP contribution in [-0.4, -0.2) is 45.5 Å². The largest absolute Gasteiger partial charge is 0.502 e. The number of ether oxygens (including phenoxy) is 1. The number of carbonyl (C=O) groups is 1. The van der Waals surface area contributed by atoms with Gasteiger partial charge in [-0.05, 0) is 35.6 Å². The minimum Gasteiger partial charge on any atom is -0.502 e. The molecule has 1 spiro atoms. The summed E-state index contributed by atoms with van der Waals surface area (Å²) in [7, 11) is 0. The third-order valence-corrected chi connectivity index (χ3v) is 8.60. The number of aromatic hydroxyl groups is 1. The highest BCUT2D eigenvalue weighted by Gasteiger charge is 2.62. The van der Waals surface area contributed by atoms with E-state index in [4.69, 9.17) is 4.74 Å². The van der Waals surface area contributed by atoms with Crippen LogP contribution in [0.3, 0.4) is 0 Å². The third-order valence-electron chi connectivity index (χ3n) is 7.46. The molecule has 2 aromatic carbocycles. The van der Waals surface area contributed by atoms with Crippen molar-refractivity contribution >= 4 is 17.7 Å². The van der Waals surface area contributed by atoms with Crippen LogP contribution in [-0.2, 0) is 10.5 Å². The van der Waals surface area contributed by atoms with Gasteiger partial charge in [-0.25, -0.2) is 0 Å². The van der Waals surface area contributed by atoms with Crippen molar-refractivity contribution in [3.63, 3.8) is 0 Å². The molecule has 2 atom stereocenters. The average molecular weight is 474 g/mol. The predicted molar refractivity (Wildman–Crippen MR) is 128 cm³/mol. The van der Waals surface area contributed by atoms with Crippen LogP contribution in [0.2, 0.25) is 0 Å². The van der Waals surface area contributed by atoms with Gasteiger partial charge in [0.05, 0.1) is 12.6 Å². The van der Waals surface area contributed by atoms with Gasteiger partial charge in [-0.1, -0.05) is 42.5 Å². The smallest absolute Gasteiger partial charge is 0.278 e. The van der Waals surface area contributed by atoms with Crippen molar-refractivity contribution in [3.8, 4) is 5.75 Å². The zero-order valence-electron chi connectivity index (χ0n) is 18.4. The number of carbonyl (C=O) groups excluding carboxylic acids is 1. The lowest BCUT2D eigenvalue weighted by Gasteiger charge is -2.54. The van der Waals surface area contributed by atoms with E-state index in [9.17, 15) is 14.7 Å². The van der Waals surface area contributed by atoms with Gasteiger partial charge in [0.15, 0.2) is 11.4 Å². The second-order valence-electron chi connectivity index (χ2n) is 9.32. The Hall–Kier alpha value is -3.23. The molecule has 4 heterocycles. The molecule has 1 saturated carbocycles. The van der Waals surface area contributed by atoms with E-state index in [0.29, 0.717) is 13.2 Å². The molecular weight excluding hydrogens is 450 g/mol. The van der Waals surface area contributed by atoms with Crippen LogP contribution in [0.1, 0.15) is 46.1 Å². The maximum absolute atomic E-state index is 13.6. The molecule has 0 radical (unpaired) electrons. The molecule has 34 heavy (non-hydrogen) atoms. The maximum atomic E-state index is 13.6. The number of hydrogen-bond donors (Lipinski definition) is 1. The number of amides is 1. The molecule has 1 amide bonds. The lowest BCUT2D eigenvalue weighted by atomic mass is 9.92. The molecule has 1 aliphatic carbocycles. The summed E-state index contributed by atoms with van der Waals surface area (Å²) in [6, 6.07) is 17.9. The molecule has 7 rings (SSSR count). The zero-order chi connectivity index (χ0) is 23.0. The van der Waals surface area contributed by atoms with Crippen LogP contribution < -0.4 is 10.4 Å². The van der Waals surface area contributed by atoms with Gasteiger partial charge in [-0.2, -0.15) is 0 Å². The number of benzene rings is 2. The van der Waals surface area contributed by atoms with Gasteiger partial charge in [0, 0.05) is 29.5 Å². The number of pyridine rings is 1. The second kappa shape index (κ2) is 7.13. The molecule has 2 fully saturated rings. The zero-order valence-corrected chi connectivity index (χ0v) is 19.2. The Morgan fingerprint density at radius 1 is 1.00 bits per heavy atom. The van der Waals surface area contributed by atoms with Gasteiger partial charge >= 0.3 is 0 Å². The molecule has 172 valence electrons. The number of thioether (sulfide) groups is 1. The first-order chi connectivity index (χ1) is 16.6. The summed E-state index contributed by atoms with van der Waals surface area (Å²) < 4.78 is 8.02. The first-order valence-electron chi connectivity index (χ1n) is 11.6. The maximum Gasteiger partial charge on any atom is 0.278 e. The number of morpholine rings is 1. The summed E-state index contributed by atoms with van der Waals surface area (Å²) in [4.78, 5) is 29.0. The number of fused-ring (bicyclic) bond motifs is 5. The summed E-state index contributed by atoms with van der Waals surface area (Å²) in [5.74, 6) is 0.0156. The van der Waals surface area contributed by atoms with Crippen LogP contribution in [0.15, 0.2) is 70.5 Å².